The zero-order valence-corrected chi connectivity index (χ0v) is 68.4. The maximum absolute atomic E-state index is 12.6. The van der Waals surface area contributed by atoms with Crippen molar-refractivity contribution in [3.8, 4) is 17.6 Å². The molecule has 626 valence electrons. The fraction of sp³-hybridized carbons (Fsp3) is 0.434. The third kappa shape index (κ3) is 21.6. The maximum atomic E-state index is 12.6. The summed E-state index contributed by atoms with van der Waals surface area (Å²) in [6.45, 7) is 26.5. The molecule has 13 rings (SSSR count). The number of aliphatic hydroxyl groups is 5. The summed E-state index contributed by atoms with van der Waals surface area (Å²) in [6, 6.07) is 19.8. The normalized spacial score (nSPS) is 13.7. The minimum Gasteiger partial charge on any atom is -0.513 e. The van der Waals surface area contributed by atoms with Crippen LogP contribution in [0.15, 0.2) is 106 Å². The highest BCUT2D eigenvalue weighted by Gasteiger charge is 2.33. The van der Waals surface area contributed by atoms with E-state index in [0.717, 1.165) is 158 Å². The summed E-state index contributed by atoms with van der Waals surface area (Å²) in [5.74, 6) is 0.966. The molecule has 0 aliphatic carbocycles. The number of rotatable bonds is 30. The molecule has 35 heteroatoms. The zero-order chi connectivity index (χ0) is 85.3. The lowest BCUT2D eigenvalue weighted by molar-refractivity contribution is -0.137. The van der Waals surface area contributed by atoms with Crippen LogP contribution < -0.4 is 95.2 Å². The topological polar surface area (TPSA) is 461 Å². The molecule has 0 bridgehead atoms. The Morgan fingerprint density at radius 2 is 1.09 bits per heavy atom. The van der Waals surface area contributed by atoms with Crippen LogP contribution in [-0.4, -0.2) is 217 Å². The summed E-state index contributed by atoms with van der Waals surface area (Å²) >= 11 is 0. The van der Waals surface area contributed by atoms with Gasteiger partial charge in [0.15, 0.2) is 45.0 Å². The number of β-amino-alcohol motifs (C(OH)–C–C–N with tert-alkyl or cyclic N) is 1. The summed E-state index contributed by atoms with van der Waals surface area (Å²) < 4.78 is 7.33. The van der Waals surface area contributed by atoms with Crippen LogP contribution in [-0.2, 0) is 16.1 Å². The maximum Gasteiger partial charge on any atom is 0.349 e. The Labute approximate surface area is 680 Å². The molecule has 118 heavy (non-hydrogen) atoms. The molecule has 4 aromatic carbocycles. The standard InChI is InChI=1S/C23H32N6O6.C22H29N5O3.C20H25N5O3.C18H20N6O/c1-13-9-16-17(10-15(13)24-3-4-28-5-7-35-8-6-28)29(11-18(31)21(33)19(32)12-30)22-20(27-16)23(34)26-14(2)25-22;1-14-12-16-18(13-17(14)26(3)4)27(11-9-7-5-6-8-10-15(2)28)20-19(23-16)21(29)25-22(30)24-20;1-12-10-14-16(11-15(12)24(3)4)25(9-7-5-6-8-17(26)27)19-18(23-14)20(28)22-13(2)21-19;1-12-20-17-16(18(25)21-12)22-14-8-7-13(23(2)3)11-15(14)24(17)10-6-4-5-9-19/h9-10,18-19,21,24,30-33H,2-8,11-12H2,1H3,(H,26,34);12-13,28H,2,5-11H2,1,3-4H3,(H,25,29,30);10-11H,2,5-9H2,1,3-4H3,(H,22,28)(H,26,27);7-8,11H,1,4-6,10H2,2-3H3,(H,21,25)/t18-,19+,21-;;;/m0.../s1. The van der Waals surface area contributed by atoms with Crippen LogP contribution in [0.3, 0.4) is 0 Å². The lowest BCUT2D eigenvalue weighted by Crippen LogP contribution is -2.48. The van der Waals surface area contributed by atoms with Crippen molar-refractivity contribution in [3.05, 3.63) is 168 Å². The number of aliphatic hydroxyl groups excluding tert-OH is 5. The highest BCUT2D eigenvalue weighted by Crippen LogP contribution is 2.42. The van der Waals surface area contributed by atoms with Crippen LogP contribution in [0.4, 0.5) is 74.3 Å². The van der Waals surface area contributed by atoms with Crippen LogP contribution in [0, 0.1) is 32.1 Å². The fourth-order valence-corrected chi connectivity index (χ4v) is 14.2. The van der Waals surface area contributed by atoms with Crippen molar-refractivity contribution >= 4 is 111 Å². The van der Waals surface area contributed by atoms with E-state index in [-0.39, 0.29) is 57.5 Å². The van der Waals surface area contributed by atoms with Gasteiger partial charge >= 0.3 is 11.7 Å². The molecule has 0 amide bonds. The van der Waals surface area contributed by atoms with E-state index in [0.29, 0.717) is 96.1 Å². The molecule has 1 saturated heterocycles. The number of ether oxygens (including phenoxy) is 1. The first-order valence-corrected chi connectivity index (χ1v) is 39.3. The smallest absolute Gasteiger partial charge is 0.349 e. The van der Waals surface area contributed by atoms with Crippen LogP contribution in [0.25, 0.3) is 42.3 Å². The number of hydrogen-bond acceptors (Lipinski definition) is 29. The molecule has 0 saturated carbocycles. The third-order valence-electron chi connectivity index (χ3n) is 20.3. The average Bonchev–Trinajstić information content (AvgIpc) is 0.761. The van der Waals surface area contributed by atoms with E-state index in [4.69, 9.17) is 25.3 Å². The number of nitrogens with one attached hydrogen (secondary N) is 5. The number of fused-ring (bicyclic) bond motifs is 8. The highest BCUT2D eigenvalue weighted by molar-refractivity contribution is 5.86. The second kappa shape index (κ2) is 40.0. The van der Waals surface area contributed by atoms with Gasteiger partial charge in [-0.15, -0.1) is 0 Å². The lowest BCUT2D eigenvalue weighted by atomic mass is 10.1. The Balaban J connectivity index is 0.000000167. The molecule has 0 spiro atoms. The number of carboxylic acids is 1. The van der Waals surface area contributed by atoms with Gasteiger partial charge < -0.3 is 89.6 Å². The number of aromatic nitrogens is 10. The molecule has 1 fully saturated rings. The van der Waals surface area contributed by atoms with E-state index in [1.165, 1.54) is 0 Å². The van der Waals surface area contributed by atoms with Crippen molar-refractivity contribution in [3.63, 3.8) is 0 Å². The number of morpholine rings is 1. The van der Waals surface area contributed by atoms with Gasteiger partial charge in [-0.05, 0) is 131 Å². The van der Waals surface area contributed by atoms with Crippen molar-refractivity contribution in [1.82, 2.24) is 54.3 Å². The van der Waals surface area contributed by atoms with E-state index in [1.54, 1.807) is 4.90 Å². The summed E-state index contributed by atoms with van der Waals surface area (Å²) in [7, 11) is 11.9. The predicted octanol–water partition coefficient (Wildman–Crippen LogP) is 4.03. The molecule has 0 radical (unpaired) electrons. The first kappa shape index (κ1) is 88.0. The van der Waals surface area contributed by atoms with Crippen molar-refractivity contribution in [2.45, 2.75) is 129 Å². The van der Waals surface area contributed by atoms with Gasteiger partial charge in [0.2, 0.25) is 0 Å². The van der Waals surface area contributed by atoms with Gasteiger partial charge in [0.1, 0.15) is 34.8 Å². The van der Waals surface area contributed by atoms with Gasteiger partial charge in [0.05, 0.1) is 83.4 Å². The summed E-state index contributed by atoms with van der Waals surface area (Å²) in [5.41, 5.74) is 11.6. The number of hydrogen-bond donors (Lipinski definition) is 11. The number of nitriles is 1. The number of allylic oxidation sites excluding steroid dienone is 1. The fourth-order valence-electron chi connectivity index (χ4n) is 14.2. The second-order valence-electron chi connectivity index (χ2n) is 30.0. The molecule has 7 aromatic rings. The van der Waals surface area contributed by atoms with Gasteiger partial charge in [-0.1, -0.05) is 52.0 Å². The van der Waals surface area contributed by atoms with Crippen molar-refractivity contribution in [2.75, 3.05) is 143 Å². The molecular formula is C83H106N22O13. The number of aromatic amines is 4. The summed E-state index contributed by atoms with van der Waals surface area (Å²) in [6.07, 6.45) is 5.37. The van der Waals surface area contributed by atoms with Gasteiger partial charge in [0.25, 0.3) is 22.2 Å². The molecule has 3 atom stereocenters. The van der Waals surface area contributed by atoms with Crippen LogP contribution in [0.5, 0.6) is 0 Å². The van der Waals surface area contributed by atoms with E-state index < -0.39 is 47.7 Å². The number of aliphatic carboxylic acids is 1. The number of nitrogens with zero attached hydrogens (tertiary/aromatic N) is 17. The number of carbonyl (C=O) groups is 1. The Morgan fingerprint density at radius 1 is 0.576 bits per heavy atom. The van der Waals surface area contributed by atoms with Gasteiger partial charge in [-0.2, -0.15) is 10.2 Å². The second-order valence-corrected chi connectivity index (χ2v) is 30.0. The van der Waals surface area contributed by atoms with Gasteiger partial charge in [-0.25, -0.2) is 39.7 Å². The number of benzene rings is 4. The third-order valence-corrected chi connectivity index (χ3v) is 20.3. The number of H-pyrrole nitrogens is 4. The Bertz CT molecular complexity index is 5860. The molecule has 6 aliphatic heterocycles. The van der Waals surface area contributed by atoms with Crippen LogP contribution in [0.1, 0.15) is 100 Å². The largest absolute Gasteiger partial charge is 0.513 e. The number of aryl methyl sites for hydroxylation is 4. The van der Waals surface area contributed by atoms with E-state index in [9.17, 15) is 44.1 Å². The van der Waals surface area contributed by atoms with E-state index in [2.05, 4.69) is 109 Å². The van der Waals surface area contributed by atoms with Crippen LogP contribution in [0.2, 0.25) is 0 Å². The molecular weight excluding hydrogens is 1510 g/mol. The zero-order valence-electron chi connectivity index (χ0n) is 68.4. The van der Waals surface area contributed by atoms with Crippen molar-refractivity contribution in [2.24, 2.45) is 15.0 Å². The Kier molecular flexibility index (Phi) is 29.9. The summed E-state index contributed by atoms with van der Waals surface area (Å²) in [5, 5.41) is 70.6. The lowest BCUT2D eigenvalue weighted by Gasteiger charge is -2.32. The minimum absolute atomic E-state index is 0.0572. The first-order valence-electron chi connectivity index (χ1n) is 39.3. The number of anilines is 10. The quantitative estimate of drug-likeness (QED) is 0.0172. The monoisotopic (exact) mass is 1620 g/mol. The number of unbranched alkanes of at least 4 members (excludes halogenated alkanes) is 8. The predicted molar refractivity (Wildman–Crippen MR) is 457 cm³/mol. The highest BCUT2D eigenvalue weighted by atomic mass is 16.5. The molecule has 3 aromatic heterocycles. The molecule has 11 N–H and O–H groups in total. The van der Waals surface area contributed by atoms with Crippen molar-refractivity contribution < 1.29 is 40.2 Å². The molecule has 9 heterocycles. The van der Waals surface area contributed by atoms with E-state index in [1.807, 2.05) is 141 Å². The van der Waals surface area contributed by atoms with E-state index >= 15 is 0 Å². The molecule has 6 aliphatic rings. The SMILES string of the molecule is C=C(O)CCCCCCCn1c2nc(=O)[nH]c(=O)c-2nc2cc(C)c(N(C)C)cc21.C=c1nc2c(c(=O)[nH]1)=Nc1cc(C)c(N(C)C)cc1N2CCCCCC(=O)O.C=c1nc2c(c(=O)[nH]1)=Nc1cc(C)c(NCCN3CCOCC3)cc1N2C[C@H](O)[C@H](O)[C@H](O)CO.C=c1nc2c(c(=O)[nH]1)=Nc1ccc(N(C)C)cc1N2CCCCC#N. The minimum atomic E-state index is -1.61. The van der Waals surface area contributed by atoms with Crippen molar-refractivity contribution in [1.29, 1.82) is 5.26 Å². The molecule has 0 unspecified atom stereocenters. The molecule has 35 nitrogen and oxygen atoms in total. The van der Waals surface area contributed by atoms with Crippen LogP contribution >= 0.6 is 0 Å². The summed E-state index contributed by atoms with van der Waals surface area (Å²) in [4.78, 5) is 131. The van der Waals surface area contributed by atoms with Gasteiger partial charge in [-0.3, -0.25) is 33.9 Å². The van der Waals surface area contributed by atoms with Gasteiger partial charge in [0, 0.05) is 130 Å². The Hall–Kier alpha value is -12.3. The average molecular weight is 1620 g/mol. The Morgan fingerprint density at radius 3 is 1.67 bits per heavy atom. The first-order chi connectivity index (χ1) is 56.3. The number of carboxylic acid groups (broad SMARTS) is 1.